The molecule has 1 aromatic heterocycles. The van der Waals surface area contributed by atoms with Gasteiger partial charge < -0.3 is 9.64 Å². The van der Waals surface area contributed by atoms with Gasteiger partial charge in [0.05, 0.1) is 12.6 Å². The van der Waals surface area contributed by atoms with Crippen LogP contribution in [0.4, 0.5) is 0 Å². The van der Waals surface area contributed by atoms with Gasteiger partial charge in [0.25, 0.3) is 0 Å². The van der Waals surface area contributed by atoms with E-state index in [9.17, 15) is 0 Å². The van der Waals surface area contributed by atoms with E-state index in [4.69, 9.17) is 4.74 Å². The summed E-state index contributed by atoms with van der Waals surface area (Å²) in [6, 6.07) is 13.0. The molecule has 0 amide bonds. The van der Waals surface area contributed by atoms with Crippen LogP contribution in [0.1, 0.15) is 35.4 Å². The van der Waals surface area contributed by atoms with Gasteiger partial charge in [0.1, 0.15) is 12.1 Å². The first-order valence-electron chi connectivity index (χ1n) is 9.77. The molecule has 0 spiro atoms. The lowest BCUT2D eigenvalue weighted by Gasteiger charge is -2.30. The lowest BCUT2D eigenvalue weighted by Crippen LogP contribution is -2.28. The Hall–Kier alpha value is -2.46. The fourth-order valence-electron chi connectivity index (χ4n) is 4.27. The number of nitrogens with zero attached hydrogens (tertiary/aromatic N) is 3. The fourth-order valence-corrected chi connectivity index (χ4v) is 4.27. The minimum atomic E-state index is 0.596. The molecule has 4 nitrogen and oxygen atoms in total. The third-order valence-corrected chi connectivity index (χ3v) is 5.69. The molecule has 1 aliphatic carbocycles. The summed E-state index contributed by atoms with van der Waals surface area (Å²) in [6.45, 7) is 2.14. The molecule has 0 N–H and O–H groups in total. The van der Waals surface area contributed by atoms with E-state index in [1.54, 1.807) is 13.4 Å². The number of hydrogen-bond acceptors (Lipinski definition) is 4. The van der Waals surface area contributed by atoms with Crippen molar-refractivity contribution < 1.29 is 4.74 Å². The quantitative estimate of drug-likeness (QED) is 0.658. The predicted molar refractivity (Wildman–Crippen MR) is 109 cm³/mol. The molecule has 140 valence electrons. The van der Waals surface area contributed by atoms with Crippen molar-refractivity contribution in [3.05, 3.63) is 65.6 Å². The van der Waals surface area contributed by atoms with Crippen LogP contribution < -0.4 is 4.74 Å². The topological polar surface area (TPSA) is 38.2 Å². The van der Waals surface area contributed by atoms with Crippen molar-refractivity contribution >= 4 is 10.9 Å². The molecule has 4 rings (SSSR count). The molecule has 1 heterocycles. The Balaban J connectivity index is 1.40. The highest BCUT2D eigenvalue weighted by molar-refractivity contribution is 5.77. The minimum absolute atomic E-state index is 0.596. The van der Waals surface area contributed by atoms with E-state index < -0.39 is 0 Å². The number of benzene rings is 2. The molecular formula is C23H27N3O. The van der Waals surface area contributed by atoms with Crippen molar-refractivity contribution in [3.8, 4) is 5.75 Å². The van der Waals surface area contributed by atoms with E-state index in [2.05, 4.69) is 58.3 Å². The molecule has 3 aromatic rings. The maximum Gasteiger partial charge on any atom is 0.122 e. The highest BCUT2D eigenvalue weighted by Gasteiger charge is 2.23. The van der Waals surface area contributed by atoms with E-state index in [-0.39, 0.29) is 0 Å². The summed E-state index contributed by atoms with van der Waals surface area (Å²) in [7, 11) is 4.01. The van der Waals surface area contributed by atoms with Gasteiger partial charge in [-0.05, 0) is 73.5 Å². The Labute approximate surface area is 161 Å². The largest absolute Gasteiger partial charge is 0.496 e. The smallest absolute Gasteiger partial charge is 0.122 e. The highest BCUT2D eigenvalue weighted by Crippen LogP contribution is 2.36. The highest BCUT2D eigenvalue weighted by atomic mass is 16.5. The number of hydrogen-bond donors (Lipinski definition) is 0. The molecule has 0 fully saturated rings. The van der Waals surface area contributed by atoms with Crippen LogP contribution in [0.2, 0.25) is 0 Å². The van der Waals surface area contributed by atoms with Crippen LogP contribution in [-0.2, 0) is 12.8 Å². The van der Waals surface area contributed by atoms with Crippen molar-refractivity contribution in [2.24, 2.45) is 0 Å². The molecule has 0 radical (unpaired) electrons. The molecule has 0 bridgehead atoms. The van der Waals surface area contributed by atoms with Gasteiger partial charge in [0, 0.05) is 24.7 Å². The van der Waals surface area contributed by atoms with Crippen LogP contribution >= 0.6 is 0 Å². The van der Waals surface area contributed by atoms with Gasteiger partial charge >= 0.3 is 0 Å². The maximum atomic E-state index is 5.58. The van der Waals surface area contributed by atoms with Crippen LogP contribution in [-0.4, -0.2) is 42.1 Å². The molecule has 0 saturated carbocycles. The van der Waals surface area contributed by atoms with E-state index in [1.807, 2.05) is 6.20 Å². The van der Waals surface area contributed by atoms with Gasteiger partial charge in [-0.15, -0.1) is 0 Å². The fraction of sp³-hybridized carbons (Fsp3) is 0.391. The van der Waals surface area contributed by atoms with Gasteiger partial charge in [-0.1, -0.05) is 18.2 Å². The summed E-state index contributed by atoms with van der Waals surface area (Å²) in [5.41, 5.74) is 5.25. The zero-order valence-corrected chi connectivity index (χ0v) is 16.2. The number of fused-ring (bicyclic) bond motifs is 2. The number of likely N-dealkylation sites (N-methyl/N-ethyl adjacent to an activating group) is 1. The summed E-state index contributed by atoms with van der Waals surface area (Å²) in [5, 5.41) is 1.12. The minimum Gasteiger partial charge on any atom is -0.496 e. The van der Waals surface area contributed by atoms with Crippen LogP contribution in [0.25, 0.3) is 10.9 Å². The maximum absolute atomic E-state index is 5.58. The lowest BCUT2D eigenvalue weighted by molar-refractivity contribution is 0.299. The van der Waals surface area contributed by atoms with Crippen molar-refractivity contribution in [2.75, 3.05) is 27.2 Å². The van der Waals surface area contributed by atoms with Gasteiger partial charge in [-0.2, -0.15) is 0 Å². The molecule has 0 aliphatic heterocycles. The molecule has 1 aliphatic rings. The second-order valence-electron chi connectivity index (χ2n) is 7.55. The van der Waals surface area contributed by atoms with E-state index in [1.165, 1.54) is 29.5 Å². The van der Waals surface area contributed by atoms with Crippen molar-refractivity contribution in [3.63, 3.8) is 0 Å². The van der Waals surface area contributed by atoms with Crippen LogP contribution in [0, 0.1) is 0 Å². The average Bonchev–Trinajstić information content (AvgIpc) is 2.72. The standard InChI is InChI=1S/C23H27N3O/c1-26(12-11-17-9-10-22-19(13-17)14-24-16-25-22)15-18-5-3-7-21-20(18)6-4-8-23(21)27-2/h4,6,8-10,13-14,16,18H,3,5,7,11-12,15H2,1-2H3. The van der Waals surface area contributed by atoms with Crippen molar-refractivity contribution in [1.82, 2.24) is 14.9 Å². The lowest BCUT2D eigenvalue weighted by atomic mass is 9.82. The SMILES string of the molecule is COc1cccc2c1CCCC2CN(C)CCc1ccc2ncncc2c1. The van der Waals surface area contributed by atoms with Gasteiger partial charge in [0.15, 0.2) is 0 Å². The normalized spacial score (nSPS) is 16.5. The number of ether oxygens (including phenoxy) is 1. The first-order valence-corrected chi connectivity index (χ1v) is 9.77. The van der Waals surface area contributed by atoms with E-state index in [0.29, 0.717) is 5.92 Å². The Morgan fingerprint density at radius 3 is 3.04 bits per heavy atom. The number of methoxy groups -OCH3 is 1. The molecule has 0 saturated heterocycles. The summed E-state index contributed by atoms with van der Waals surface area (Å²) in [4.78, 5) is 10.9. The third kappa shape index (κ3) is 3.96. The summed E-state index contributed by atoms with van der Waals surface area (Å²) < 4.78 is 5.58. The zero-order valence-electron chi connectivity index (χ0n) is 16.2. The van der Waals surface area contributed by atoms with Crippen LogP contribution in [0.15, 0.2) is 48.9 Å². The molecule has 1 unspecified atom stereocenters. The Bertz CT molecular complexity index is 924. The average molecular weight is 361 g/mol. The monoisotopic (exact) mass is 361 g/mol. The molecular weight excluding hydrogens is 334 g/mol. The Morgan fingerprint density at radius 2 is 2.15 bits per heavy atom. The molecule has 27 heavy (non-hydrogen) atoms. The van der Waals surface area contributed by atoms with Gasteiger partial charge in [0.2, 0.25) is 0 Å². The van der Waals surface area contributed by atoms with Crippen LogP contribution in [0.3, 0.4) is 0 Å². The van der Waals surface area contributed by atoms with E-state index in [0.717, 1.165) is 42.6 Å². The molecule has 1 atom stereocenters. The first kappa shape index (κ1) is 17.9. The zero-order chi connectivity index (χ0) is 18.6. The third-order valence-electron chi connectivity index (χ3n) is 5.69. The van der Waals surface area contributed by atoms with Crippen molar-refractivity contribution in [2.45, 2.75) is 31.6 Å². The Kier molecular flexibility index (Phi) is 5.35. The predicted octanol–water partition coefficient (Wildman–Crippen LogP) is 4.23. The molecule has 4 heteroatoms. The van der Waals surface area contributed by atoms with Gasteiger partial charge in [-0.25, -0.2) is 9.97 Å². The number of rotatable bonds is 6. The first-order chi connectivity index (χ1) is 13.2. The number of aromatic nitrogens is 2. The Morgan fingerprint density at radius 1 is 1.22 bits per heavy atom. The summed E-state index contributed by atoms with van der Waals surface area (Å²) in [6.07, 6.45) is 8.18. The van der Waals surface area contributed by atoms with Crippen molar-refractivity contribution in [1.29, 1.82) is 0 Å². The summed E-state index contributed by atoms with van der Waals surface area (Å²) in [5.74, 6) is 1.65. The molecule has 2 aromatic carbocycles. The second kappa shape index (κ2) is 8.05. The second-order valence-corrected chi connectivity index (χ2v) is 7.55. The van der Waals surface area contributed by atoms with Crippen LogP contribution in [0.5, 0.6) is 5.75 Å². The van der Waals surface area contributed by atoms with Gasteiger partial charge in [-0.3, -0.25) is 0 Å². The summed E-state index contributed by atoms with van der Waals surface area (Å²) >= 11 is 0. The van der Waals surface area contributed by atoms with E-state index >= 15 is 0 Å².